The van der Waals surface area contributed by atoms with E-state index < -0.39 is 5.97 Å². The highest BCUT2D eigenvalue weighted by atomic mass is 35.5. The van der Waals surface area contributed by atoms with E-state index in [1.807, 2.05) is 26.0 Å². The average molecular weight is 267 g/mol. The van der Waals surface area contributed by atoms with Gasteiger partial charge in [0.15, 0.2) is 0 Å². The average Bonchev–Trinajstić information content (AvgIpc) is 2.31. The van der Waals surface area contributed by atoms with Gasteiger partial charge >= 0.3 is 5.97 Å². The first-order valence-corrected chi connectivity index (χ1v) is 5.76. The van der Waals surface area contributed by atoms with Crippen molar-refractivity contribution in [2.24, 2.45) is 0 Å². The Morgan fingerprint density at radius 2 is 2.11 bits per heavy atom. The molecule has 4 heteroatoms. The van der Waals surface area contributed by atoms with Gasteiger partial charge in [-0.25, -0.2) is 4.79 Å². The van der Waals surface area contributed by atoms with E-state index in [4.69, 9.17) is 21.4 Å². The third-order valence-corrected chi connectivity index (χ3v) is 2.90. The van der Waals surface area contributed by atoms with Gasteiger partial charge in [-0.3, -0.25) is 0 Å². The summed E-state index contributed by atoms with van der Waals surface area (Å²) in [6.07, 6.45) is 4.26. The van der Waals surface area contributed by atoms with Crippen molar-refractivity contribution in [2.45, 2.75) is 13.8 Å². The molecule has 0 radical (unpaired) electrons. The fourth-order valence-electron chi connectivity index (χ4n) is 1.50. The molecule has 0 unspecified atom stereocenters. The van der Waals surface area contributed by atoms with Gasteiger partial charge in [0.05, 0.1) is 7.11 Å². The van der Waals surface area contributed by atoms with Gasteiger partial charge < -0.3 is 9.84 Å². The van der Waals surface area contributed by atoms with Crippen molar-refractivity contribution in [3.05, 3.63) is 46.5 Å². The van der Waals surface area contributed by atoms with Crippen LogP contribution in [0, 0.1) is 6.92 Å². The molecule has 1 aromatic carbocycles. The maximum atomic E-state index is 10.4. The molecule has 0 aromatic heterocycles. The van der Waals surface area contributed by atoms with Gasteiger partial charge in [0.1, 0.15) is 5.75 Å². The lowest BCUT2D eigenvalue weighted by molar-refractivity contribution is -0.131. The van der Waals surface area contributed by atoms with Gasteiger partial charge in [-0.05, 0) is 37.1 Å². The fraction of sp³-hybridized carbons (Fsp3) is 0.214. The van der Waals surface area contributed by atoms with Crippen LogP contribution in [0.4, 0.5) is 0 Å². The van der Waals surface area contributed by atoms with Crippen molar-refractivity contribution < 1.29 is 14.6 Å². The van der Waals surface area contributed by atoms with Gasteiger partial charge in [0, 0.05) is 16.7 Å². The van der Waals surface area contributed by atoms with Crippen molar-refractivity contribution in [2.75, 3.05) is 7.11 Å². The summed E-state index contributed by atoms with van der Waals surface area (Å²) in [7, 11) is 1.59. The zero-order valence-corrected chi connectivity index (χ0v) is 11.3. The molecule has 0 bridgehead atoms. The number of methoxy groups -OCH3 is 1. The van der Waals surface area contributed by atoms with Crippen LogP contribution in [-0.4, -0.2) is 18.2 Å². The van der Waals surface area contributed by atoms with Gasteiger partial charge in [0.2, 0.25) is 0 Å². The summed E-state index contributed by atoms with van der Waals surface area (Å²) in [6, 6.07) is 3.67. The highest BCUT2D eigenvalue weighted by molar-refractivity contribution is 6.31. The van der Waals surface area contributed by atoms with Crippen LogP contribution in [0.5, 0.6) is 5.75 Å². The summed E-state index contributed by atoms with van der Waals surface area (Å²) in [5.74, 6) is -0.262. The van der Waals surface area contributed by atoms with E-state index in [0.717, 1.165) is 28.5 Å². The van der Waals surface area contributed by atoms with Gasteiger partial charge in [0.25, 0.3) is 0 Å². The number of aryl methyl sites for hydroxylation is 1. The Hall–Kier alpha value is -1.74. The predicted octanol–water partition coefficient (Wildman–Crippen LogP) is 3.70. The molecular weight excluding hydrogens is 252 g/mol. The molecule has 0 aliphatic carbocycles. The topological polar surface area (TPSA) is 46.5 Å². The molecule has 1 N–H and O–H groups in total. The third kappa shape index (κ3) is 3.64. The number of carbonyl (C=O) groups is 1. The summed E-state index contributed by atoms with van der Waals surface area (Å²) in [5, 5.41) is 9.17. The van der Waals surface area contributed by atoms with Crippen LogP contribution in [0.15, 0.2) is 30.4 Å². The molecule has 3 nitrogen and oxygen atoms in total. The number of ether oxygens (including phenoxy) is 1. The number of benzene rings is 1. The first-order valence-electron chi connectivity index (χ1n) is 5.38. The van der Waals surface area contributed by atoms with E-state index >= 15 is 0 Å². The molecule has 1 aromatic rings. The molecule has 0 amide bonds. The van der Waals surface area contributed by atoms with Gasteiger partial charge in [-0.15, -0.1) is 0 Å². The van der Waals surface area contributed by atoms with E-state index in [-0.39, 0.29) is 0 Å². The number of aliphatic carboxylic acids is 1. The number of hydrogen-bond donors (Lipinski definition) is 1. The first-order chi connectivity index (χ1) is 8.45. The normalized spacial score (nSPS) is 11.9. The minimum Gasteiger partial charge on any atom is -0.496 e. The number of rotatable bonds is 4. The Balaban J connectivity index is 3.15. The zero-order chi connectivity index (χ0) is 13.7. The maximum absolute atomic E-state index is 10.4. The summed E-state index contributed by atoms with van der Waals surface area (Å²) < 4.78 is 5.29. The number of hydrogen-bond acceptors (Lipinski definition) is 2. The summed E-state index contributed by atoms with van der Waals surface area (Å²) in [4.78, 5) is 10.4. The quantitative estimate of drug-likeness (QED) is 0.668. The highest BCUT2D eigenvalue weighted by Gasteiger charge is 2.07. The van der Waals surface area contributed by atoms with Crippen LogP contribution < -0.4 is 4.74 Å². The second-order valence-electron chi connectivity index (χ2n) is 3.85. The van der Waals surface area contributed by atoms with Crippen LogP contribution in [0.1, 0.15) is 18.1 Å². The standard InChI is InChI=1S/C14H15ClO3/c1-9(5-4-6-14(16)17)11-8-12(15)10(2)7-13(11)18-3/h4-8H,1-3H3,(H,16,17)/b6-4+,9-5+. The van der Waals surface area contributed by atoms with Crippen molar-refractivity contribution in [1.29, 1.82) is 0 Å². The van der Waals surface area contributed by atoms with Crippen molar-refractivity contribution in [3.63, 3.8) is 0 Å². The van der Waals surface area contributed by atoms with E-state index in [9.17, 15) is 4.79 Å². The minimum absolute atomic E-state index is 0.653. The molecule has 1 rings (SSSR count). The molecule has 0 spiro atoms. The molecule has 0 fully saturated rings. The SMILES string of the molecule is COc1cc(C)c(Cl)cc1/C(C)=C/C=C/C(=O)O. The Bertz CT molecular complexity index is 516. The lowest BCUT2D eigenvalue weighted by Gasteiger charge is -2.11. The van der Waals surface area contributed by atoms with Crippen molar-refractivity contribution in [1.82, 2.24) is 0 Å². The number of carboxylic acids is 1. The fourth-order valence-corrected chi connectivity index (χ4v) is 1.66. The first kappa shape index (κ1) is 14.3. The Morgan fingerprint density at radius 3 is 2.67 bits per heavy atom. The van der Waals surface area contributed by atoms with Crippen molar-refractivity contribution in [3.8, 4) is 5.75 Å². The van der Waals surface area contributed by atoms with Crippen LogP contribution in [-0.2, 0) is 4.79 Å². The Morgan fingerprint density at radius 1 is 1.44 bits per heavy atom. The van der Waals surface area contributed by atoms with Crippen LogP contribution in [0.2, 0.25) is 5.02 Å². The van der Waals surface area contributed by atoms with Crippen LogP contribution in [0.25, 0.3) is 5.57 Å². The molecule has 0 saturated carbocycles. The van der Waals surface area contributed by atoms with E-state index in [1.165, 1.54) is 6.08 Å². The Labute approximate surface area is 111 Å². The van der Waals surface area contributed by atoms with E-state index in [2.05, 4.69) is 0 Å². The van der Waals surface area contributed by atoms with Gasteiger partial charge in [-0.2, -0.15) is 0 Å². The third-order valence-electron chi connectivity index (χ3n) is 2.49. The second kappa shape index (κ2) is 6.26. The summed E-state index contributed by atoms with van der Waals surface area (Å²) >= 11 is 6.08. The molecule has 96 valence electrons. The molecule has 0 aliphatic heterocycles. The zero-order valence-electron chi connectivity index (χ0n) is 10.5. The lowest BCUT2D eigenvalue weighted by Crippen LogP contribution is -1.92. The van der Waals surface area contributed by atoms with E-state index in [0.29, 0.717) is 5.02 Å². The van der Waals surface area contributed by atoms with Gasteiger partial charge in [-0.1, -0.05) is 23.8 Å². The number of carboxylic acid groups (broad SMARTS) is 1. The lowest BCUT2D eigenvalue weighted by atomic mass is 10.0. The van der Waals surface area contributed by atoms with Crippen LogP contribution >= 0.6 is 11.6 Å². The highest BCUT2D eigenvalue weighted by Crippen LogP contribution is 2.31. The molecule has 0 atom stereocenters. The molecule has 18 heavy (non-hydrogen) atoms. The van der Waals surface area contributed by atoms with E-state index in [1.54, 1.807) is 13.2 Å². The molecule has 0 heterocycles. The smallest absolute Gasteiger partial charge is 0.328 e. The molecule has 0 aliphatic rings. The summed E-state index contributed by atoms with van der Waals surface area (Å²) in [5.41, 5.74) is 2.67. The molecule has 0 saturated heterocycles. The second-order valence-corrected chi connectivity index (χ2v) is 4.26. The summed E-state index contributed by atoms with van der Waals surface area (Å²) in [6.45, 7) is 3.77. The number of halogens is 1. The maximum Gasteiger partial charge on any atom is 0.328 e. The Kier molecular flexibility index (Phi) is 4.98. The minimum atomic E-state index is -0.979. The predicted molar refractivity (Wildman–Crippen MR) is 73.2 cm³/mol. The van der Waals surface area contributed by atoms with Crippen LogP contribution in [0.3, 0.4) is 0 Å². The van der Waals surface area contributed by atoms with Crippen molar-refractivity contribution >= 4 is 23.1 Å². The monoisotopic (exact) mass is 266 g/mol. The largest absolute Gasteiger partial charge is 0.496 e. The molecular formula is C14H15ClO3. The number of allylic oxidation sites excluding steroid dienone is 3.